The normalized spacial score (nSPS) is 9.62. The molecule has 0 aliphatic rings. The molecule has 2 N–H and O–H groups in total. The van der Waals surface area contributed by atoms with Gasteiger partial charge in [-0.25, -0.2) is 0 Å². The molecule has 0 bridgehead atoms. The third kappa shape index (κ3) is 4.23. The van der Waals surface area contributed by atoms with Crippen molar-refractivity contribution in [3.63, 3.8) is 0 Å². The predicted octanol–water partition coefficient (Wildman–Crippen LogP) is 2.44. The van der Waals surface area contributed by atoms with Gasteiger partial charge in [0.1, 0.15) is 0 Å². The summed E-state index contributed by atoms with van der Waals surface area (Å²) in [7, 11) is 1.58. The van der Waals surface area contributed by atoms with Crippen LogP contribution in [0.1, 0.15) is 37.4 Å². The van der Waals surface area contributed by atoms with E-state index in [1.54, 1.807) is 31.3 Å². The van der Waals surface area contributed by atoms with E-state index in [4.69, 9.17) is 0 Å². The Morgan fingerprint density at radius 2 is 1.75 bits per heavy atom. The Balaban J connectivity index is 2.03. The van der Waals surface area contributed by atoms with Crippen LogP contribution in [0.15, 0.2) is 42.5 Å². The number of aryl methyl sites for hydroxylation is 2. The molecule has 2 aromatic carbocycles. The molecule has 2 amide bonds. The van der Waals surface area contributed by atoms with Gasteiger partial charge in [-0.2, -0.15) is 0 Å². The molecule has 0 unspecified atom stereocenters. The number of amides is 2. The average Bonchev–Trinajstić information content (AvgIpc) is 2.60. The fourth-order valence-corrected chi connectivity index (χ4v) is 2.17. The first-order valence-corrected chi connectivity index (χ1v) is 7.68. The van der Waals surface area contributed by atoms with Gasteiger partial charge < -0.3 is 10.6 Å². The minimum atomic E-state index is -0.181. The second-order valence-electron chi connectivity index (χ2n) is 5.41. The number of carbonyl (C=O) groups is 2. The molecular weight excluding hydrogens is 300 g/mol. The molecule has 0 aliphatic carbocycles. The van der Waals surface area contributed by atoms with Crippen LogP contribution < -0.4 is 10.6 Å². The van der Waals surface area contributed by atoms with Gasteiger partial charge >= 0.3 is 0 Å². The summed E-state index contributed by atoms with van der Waals surface area (Å²) in [5.41, 5.74) is 4.00. The highest BCUT2D eigenvalue weighted by molar-refractivity contribution is 5.96. The Hall–Kier alpha value is -3.06. The number of hydrogen-bond donors (Lipinski definition) is 2. The van der Waals surface area contributed by atoms with Crippen molar-refractivity contribution in [2.75, 3.05) is 13.6 Å². The van der Waals surface area contributed by atoms with E-state index in [1.807, 2.05) is 32.0 Å². The topological polar surface area (TPSA) is 58.2 Å². The molecule has 0 spiro atoms. The van der Waals surface area contributed by atoms with E-state index < -0.39 is 0 Å². The molecule has 0 radical (unpaired) electrons. The first-order chi connectivity index (χ1) is 11.5. The van der Waals surface area contributed by atoms with E-state index >= 15 is 0 Å². The highest BCUT2D eigenvalue weighted by Gasteiger charge is 2.07. The largest absolute Gasteiger partial charge is 0.355 e. The molecule has 0 atom stereocenters. The Labute approximate surface area is 142 Å². The second-order valence-corrected chi connectivity index (χ2v) is 5.41. The van der Waals surface area contributed by atoms with Crippen LogP contribution >= 0.6 is 0 Å². The SMILES string of the molecule is CNC(=O)c1ccccc1C#CCNC(=O)c1ccc(C)c(C)c1. The van der Waals surface area contributed by atoms with Gasteiger partial charge in [-0.3, -0.25) is 9.59 Å². The lowest BCUT2D eigenvalue weighted by Crippen LogP contribution is -2.23. The summed E-state index contributed by atoms with van der Waals surface area (Å²) in [5, 5.41) is 5.35. The van der Waals surface area contributed by atoms with Gasteiger partial charge in [0.15, 0.2) is 0 Å². The number of benzene rings is 2. The lowest BCUT2D eigenvalue weighted by atomic mass is 10.1. The number of rotatable bonds is 3. The molecule has 4 nitrogen and oxygen atoms in total. The second kappa shape index (κ2) is 7.98. The van der Waals surface area contributed by atoms with Crippen LogP contribution in [0.5, 0.6) is 0 Å². The Morgan fingerprint density at radius 1 is 1.00 bits per heavy atom. The van der Waals surface area contributed by atoms with E-state index in [2.05, 4.69) is 22.5 Å². The Kier molecular flexibility index (Phi) is 5.75. The molecule has 2 rings (SSSR count). The summed E-state index contributed by atoms with van der Waals surface area (Å²) >= 11 is 0. The minimum Gasteiger partial charge on any atom is -0.355 e. The number of nitrogens with one attached hydrogen (secondary N) is 2. The van der Waals surface area contributed by atoms with Crippen LogP contribution in [-0.4, -0.2) is 25.4 Å². The predicted molar refractivity (Wildman–Crippen MR) is 95.0 cm³/mol. The van der Waals surface area contributed by atoms with E-state index in [9.17, 15) is 9.59 Å². The molecule has 2 aromatic rings. The Morgan fingerprint density at radius 3 is 2.46 bits per heavy atom. The highest BCUT2D eigenvalue weighted by atomic mass is 16.2. The summed E-state index contributed by atoms with van der Waals surface area (Å²) in [4.78, 5) is 23.9. The molecule has 0 aromatic heterocycles. The van der Waals surface area contributed by atoms with Crippen molar-refractivity contribution in [1.29, 1.82) is 0 Å². The maximum atomic E-state index is 12.1. The maximum Gasteiger partial charge on any atom is 0.252 e. The molecule has 0 fully saturated rings. The molecule has 0 heterocycles. The summed E-state index contributed by atoms with van der Waals surface area (Å²) in [6.07, 6.45) is 0. The molecule has 0 aliphatic heterocycles. The summed E-state index contributed by atoms with van der Waals surface area (Å²) in [5.74, 6) is 5.47. The van der Waals surface area contributed by atoms with Crippen molar-refractivity contribution in [2.45, 2.75) is 13.8 Å². The zero-order valence-corrected chi connectivity index (χ0v) is 14.1. The van der Waals surface area contributed by atoms with Crippen molar-refractivity contribution in [3.8, 4) is 11.8 Å². The standard InChI is InChI=1S/C20H20N2O2/c1-14-10-11-17(13-15(14)2)19(23)22-12-6-8-16-7-4-5-9-18(16)20(24)21-3/h4-5,7,9-11,13H,12H2,1-3H3,(H,21,24)(H,22,23). The molecule has 0 saturated carbocycles. The lowest BCUT2D eigenvalue weighted by Gasteiger charge is -2.05. The smallest absolute Gasteiger partial charge is 0.252 e. The first kappa shape index (κ1) is 17.3. The molecular formula is C20H20N2O2. The summed E-state index contributed by atoms with van der Waals surface area (Å²) in [6, 6.07) is 12.7. The maximum absolute atomic E-state index is 12.1. The molecule has 122 valence electrons. The van der Waals surface area contributed by atoms with Crippen LogP contribution in [0.2, 0.25) is 0 Å². The zero-order valence-electron chi connectivity index (χ0n) is 14.1. The van der Waals surface area contributed by atoms with Crippen LogP contribution in [-0.2, 0) is 0 Å². The van der Waals surface area contributed by atoms with Crippen molar-refractivity contribution < 1.29 is 9.59 Å². The molecule has 4 heteroatoms. The van der Waals surface area contributed by atoms with Gasteiger partial charge in [0.2, 0.25) is 0 Å². The fourth-order valence-electron chi connectivity index (χ4n) is 2.17. The monoisotopic (exact) mass is 320 g/mol. The van der Waals surface area contributed by atoms with Gasteiger partial charge in [-0.15, -0.1) is 0 Å². The summed E-state index contributed by atoms with van der Waals surface area (Å²) < 4.78 is 0. The van der Waals surface area contributed by atoms with Crippen LogP contribution in [0, 0.1) is 25.7 Å². The number of hydrogen-bond acceptors (Lipinski definition) is 2. The van der Waals surface area contributed by atoms with E-state index in [-0.39, 0.29) is 18.4 Å². The van der Waals surface area contributed by atoms with Crippen molar-refractivity contribution in [3.05, 3.63) is 70.3 Å². The lowest BCUT2D eigenvalue weighted by molar-refractivity contribution is 0.0952. The van der Waals surface area contributed by atoms with E-state index in [1.165, 1.54) is 0 Å². The third-order valence-electron chi connectivity index (χ3n) is 3.73. The van der Waals surface area contributed by atoms with Crippen LogP contribution in [0.4, 0.5) is 0 Å². The van der Waals surface area contributed by atoms with Gasteiger partial charge in [0, 0.05) is 18.2 Å². The van der Waals surface area contributed by atoms with E-state index in [0.717, 1.165) is 11.1 Å². The zero-order chi connectivity index (χ0) is 17.5. The number of carbonyl (C=O) groups excluding carboxylic acids is 2. The third-order valence-corrected chi connectivity index (χ3v) is 3.73. The van der Waals surface area contributed by atoms with E-state index in [0.29, 0.717) is 16.7 Å². The van der Waals surface area contributed by atoms with Crippen molar-refractivity contribution in [1.82, 2.24) is 10.6 Å². The van der Waals surface area contributed by atoms with Gasteiger partial charge in [0.05, 0.1) is 12.1 Å². The molecule has 0 saturated heterocycles. The summed E-state index contributed by atoms with van der Waals surface area (Å²) in [6.45, 7) is 4.20. The minimum absolute atomic E-state index is 0.160. The van der Waals surface area contributed by atoms with Crippen LogP contribution in [0.3, 0.4) is 0 Å². The van der Waals surface area contributed by atoms with Crippen molar-refractivity contribution >= 4 is 11.8 Å². The average molecular weight is 320 g/mol. The van der Waals surface area contributed by atoms with Crippen LogP contribution in [0.25, 0.3) is 0 Å². The van der Waals surface area contributed by atoms with Gasteiger partial charge in [-0.1, -0.05) is 30.0 Å². The quantitative estimate of drug-likeness (QED) is 0.854. The van der Waals surface area contributed by atoms with Crippen molar-refractivity contribution in [2.24, 2.45) is 0 Å². The fraction of sp³-hybridized carbons (Fsp3) is 0.200. The first-order valence-electron chi connectivity index (χ1n) is 7.68. The Bertz CT molecular complexity index is 829. The highest BCUT2D eigenvalue weighted by Crippen LogP contribution is 2.09. The van der Waals surface area contributed by atoms with Gasteiger partial charge in [-0.05, 0) is 49.2 Å². The van der Waals surface area contributed by atoms with Gasteiger partial charge in [0.25, 0.3) is 11.8 Å². The molecule has 24 heavy (non-hydrogen) atoms.